The summed E-state index contributed by atoms with van der Waals surface area (Å²) in [7, 11) is 0. The maximum absolute atomic E-state index is 4.42. The van der Waals surface area contributed by atoms with Gasteiger partial charge in [0.05, 0.1) is 4.83 Å². The Hall–Kier alpha value is -0.190. The molecule has 0 bridgehead atoms. The van der Waals surface area contributed by atoms with Gasteiger partial charge in [0.1, 0.15) is 0 Å². The van der Waals surface area contributed by atoms with E-state index in [0.717, 1.165) is 12.1 Å². The van der Waals surface area contributed by atoms with Gasteiger partial charge < -0.3 is 0 Å². The monoisotopic (exact) mass is 359 g/mol. The molecule has 0 saturated heterocycles. The number of hydrogen-bond donors (Lipinski definition) is 0. The van der Waals surface area contributed by atoms with Crippen molar-refractivity contribution >= 4 is 43.2 Å². The first kappa shape index (κ1) is 12.3. The summed E-state index contributed by atoms with van der Waals surface area (Å²) in [4.78, 5) is 6.07. The molecule has 1 nitrogen and oxygen atoms in total. The molecule has 0 aliphatic carbocycles. The average molecular weight is 361 g/mol. The lowest BCUT2D eigenvalue weighted by Crippen LogP contribution is -1.96. The standard InChI is InChI=1S/C12H11Br2NS/c1-8-2-3-9(15-7-8)6-11(14)12-10(13)4-5-16-12/h2-5,7,11H,6H2,1H3. The lowest BCUT2D eigenvalue weighted by molar-refractivity contribution is 0.914. The first-order valence-corrected chi connectivity index (χ1v) is 7.54. The van der Waals surface area contributed by atoms with Crippen LogP contribution in [-0.4, -0.2) is 4.98 Å². The third kappa shape index (κ3) is 2.93. The number of pyridine rings is 1. The van der Waals surface area contributed by atoms with E-state index in [1.807, 2.05) is 6.20 Å². The lowest BCUT2D eigenvalue weighted by Gasteiger charge is -2.08. The Morgan fingerprint density at radius 2 is 2.19 bits per heavy atom. The average Bonchev–Trinajstić information content (AvgIpc) is 2.68. The van der Waals surface area contributed by atoms with Crippen molar-refractivity contribution in [1.82, 2.24) is 4.98 Å². The second kappa shape index (κ2) is 5.43. The minimum atomic E-state index is 0.331. The molecule has 1 atom stereocenters. The summed E-state index contributed by atoms with van der Waals surface area (Å²) in [5.41, 5.74) is 2.32. The summed E-state index contributed by atoms with van der Waals surface area (Å²) in [6.07, 6.45) is 2.83. The number of aryl methyl sites for hydroxylation is 1. The predicted octanol–water partition coefficient (Wildman–Crippen LogP) is 4.89. The molecule has 0 N–H and O–H groups in total. The molecule has 0 aromatic carbocycles. The largest absolute Gasteiger partial charge is 0.261 e. The van der Waals surface area contributed by atoms with Gasteiger partial charge in [0.15, 0.2) is 0 Å². The summed E-state index contributed by atoms with van der Waals surface area (Å²) >= 11 is 9.02. The van der Waals surface area contributed by atoms with Crippen LogP contribution in [0.5, 0.6) is 0 Å². The Balaban J connectivity index is 2.10. The number of nitrogens with zero attached hydrogens (tertiary/aromatic N) is 1. The van der Waals surface area contributed by atoms with Gasteiger partial charge >= 0.3 is 0 Å². The van der Waals surface area contributed by atoms with Crippen molar-refractivity contribution in [3.05, 3.63) is 50.4 Å². The Kier molecular flexibility index (Phi) is 4.16. The number of hydrogen-bond acceptors (Lipinski definition) is 2. The van der Waals surface area contributed by atoms with Crippen LogP contribution in [-0.2, 0) is 6.42 Å². The van der Waals surface area contributed by atoms with E-state index in [1.54, 1.807) is 11.3 Å². The van der Waals surface area contributed by atoms with Crippen LogP contribution in [0.2, 0.25) is 0 Å². The van der Waals surface area contributed by atoms with E-state index in [0.29, 0.717) is 4.83 Å². The Labute approximate surface area is 116 Å². The molecule has 0 aliphatic heterocycles. The SMILES string of the molecule is Cc1ccc(CC(Br)c2sccc2Br)nc1. The molecule has 2 aromatic heterocycles. The van der Waals surface area contributed by atoms with Crippen molar-refractivity contribution in [1.29, 1.82) is 0 Å². The second-order valence-corrected chi connectivity index (χ2v) is 6.54. The Morgan fingerprint density at radius 1 is 1.38 bits per heavy atom. The molecular weight excluding hydrogens is 350 g/mol. The highest BCUT2D eigenvalue weighted by Gasteiger charge is 2.13. The van der Waals surface area contributed by atoms with Gasteiger partial charge in [-0.05, 0) is 45.9 Å². The van der Waals surface area contributed by atoms with Crippen LogP contribution in [0.3, 0.4) is 0 Å². The lowest BCUT2D eigenvalue weighted by atomic mass is 10.2. The van der Waals surface area contributed by atoms with Gasteiger partial charge in [-0.15, -0.1) is 11.3 Å². The third-order valence-corrected chi connectivity index (χ3v) is 5.36. The fourth-order valence-corrected chi connectivity index (χ4v) is 4.26. The van der Waals surface area contributed by atoms with E-state index in [1.165, 1.54) is 14.9 Å². The van der Waals surface area contributed by atoms with Gasteiger partial charge in [0.25, 0.3) is 0 Å². The fraction of sp³-hybridized carbons (Fsp3) is 0.250. The van der Waals surface area contributed by atoms with Crippen LogP contribution in [0.25, 0.3) is 0 Å². The van der Waals surface area contributed by atoms with E-state index in [9.17, 15) is 0 Å². The molecular formula is C12H11Br2NS. The topological polar surface area (TPSA) is 12.9 Å². The van der Waals surface area contributed by atoms with Crippen molar-refractivity contribution in [2.75, 3.05) is 0 Å². The van der Waals surface area contributed by atoms with Gasteiger partial charge in [0.2, 0.25) is 0 Å². The van der Waals surface area contributed by atoms with E-state index in [-0.39, 0.29) is 0 Å². The zero-order valence-corrected chi connectivity index (χ0v) is 12.8. The molecule has 2 aromatic rings. The summed E-state index contributed by atoms with van der Waals surface area (Å²) in [5, 5.41) is 2.09. The summed E-state index contributed by atoms with van der Waals surface area (Å²) in [5.74, 6) is 0. The molecule has 4 heteroatoms. The molecule has 84 valence electrons. The minimum Gasteiger partial charge on any atom is -0.261 e. The maximum atomic E-state index is 4.42. The van der Waals surface area contributed by atoms with E-state index in [4.69, 9.17) is 0 Å². The first-order valence-electron chi connectivity index (χ1n) is 4.95. The molecule has 1 unspecified atom stereocenters. The summed E-state index contributed by atoms with van der Waals surface area (Å²) in [6.45, 7) is 2.05. The summed E-state index contributed by atoms with van der Waals surface area (Å²) in [6, 6.07) is 6.27. The number of rotatable bonds is 3. The van der Waals surface area contributed by atoms with Gasteiger partial charge in [0, 0.05) is 27.7 Å². The molecule has 0 spiro atoms. The first-order chi connectivity index (χ1) is 7.66. The van der Waals surface area contributed by atoms with Gasteiger partial charge in [-0.3, -0.25) is 4.98 Å². The highest BCUT2D eigenvalue weighted by atomic mass is 79.9. The van der Waals surface area contributed by atoms with Crippen LogP contribution in [0.4, 0.5) is 0 Å². The highest BCUT2D eigenvalue weighted by molar-refractivity contribution is 9.11. The van der Waals surface area contributed by atoms with Crippen LogP contribution in [0.1, 0.15) is 21.0 Å². The molecule has 16 heavy (non-hydrogen) atoms. The van der Waals surface area contributed by atoms with Crippen molar-refractivity contribution in [2.24, 2.45) is 0 Å². The number of alkyl halides is 1. The molecule has 0 radical (unpaired) electrons. The van der Waals surface area contributed by atoms with E-state index in [2.05, 4.69) is 67.3 Å². The van der Waals surface area contributed by atoms with Crippen molar-refractivity contribution in [3.8, 4) is 0 Å². The van der Waals surface area contributed by atoms with Gasteiger partial charge in [-0.25, -0.2) is 0 Å². The third-order valence-electron chi connectivity index (χ3n) is 2.29. The zero-order valence-electron chi connectivity index (χ0n) is 8.78. The molecule has 2 heterocycles. The molecule has 0 amide bonds. The normalized spacial score (nSPS) is 12.7. The highest BCUT2D eigenvalue weighted by Crippen LogP contribution is 2.36. The zero-order chi connectivity index (χ0) is 11.5. The van der Waals surface area contributed by atoms with Crippen LogP contribution in [0.15, 0.2) is 34.2 Å². The van der Waals surface area contributed by atoms with Crippen LogP contribution >= 0.6 is 43.2 Å². The van der Waals surface area contributed by atoms with Crippen molar-refractivity contribution in [2.45, 2.75) is 18.2 Å². The smallest absolute Gasteiger partial charge is 0.0555 e. The van der Waals surface area contributed by atoms with Crippen LogP contribution in [0, 0.1) is 6.92 Å². The number of aromatic nitrogens is 1. The molecule has 0 saturated carbocycles. The van der Waals surface area contributed by atoms with Gasteiger partial charge in [-0.2, -0.15) is 0 Å². The van der Waals surface area contributed by atoms with Crippen molar-refractivity contribution in [3.63, 3.8) is 0 Å². The maximum Gasteiger partial charge on any atom is 0.0555 e. The van der Waals surface area contributed by atoms with Gasteiger partial charge in [-0.1, -0.05) is 22.0 Å². The fourth-order valence-electron chi connectivity index (χ4n) is 1.42. The molecule has 2 rings (SSSR count). The molecule has 0 aliphatic rings. The van der Waals surface area contributed by atoms with E-state index >= 15 is 0 Å². The quantitative estimate of drug-likeness (QED) is 0.710. The number of thiophene rings is 1. The Bertz CT molecular complexity index is 464. The molecule has 0 fully saturated rings. The predicted molar refractivity (Wildman–Crippen MR) is 76.4 cm³/mol. The summed E-state index contributed by atoms with van der Waals surface area (Å²) < 4.78 is 1.17. The Morgan fingerprint density at radius 3 is 2.75 bits per heavy atom. The minimum absolute atomic E-state index is 0.331. The second-order valence-electron chi connectivity index (χ2n) is 3.63. The van der Waals surface area contributed by atoms with Crippen LogP contribution < -0.4 is 0 Å². The van der Waals surface area contributed by atoms with E-state index < -0.39 is 0 Å². The van der Waals surface area contributed by atoms with Crippen molar-refractivity contribution < 1.29 is 0 Å². The number of halogens is 2.